The molecule has 1 heterocycles. The molecule has 1 aliphatic carbocycles. The Hall–Kier alpha value is -2.69. The molecule has 1 aromatic heterocycles. The maximum atomic E-state index is 12.4. The number of anilines is 1. The topological polar surface area (TPSA) is 102 Å². The Morgan fingerprint density at radius 2 is 1.81 bits per heavy atom. The second-order valence-electron chi connectivity index (χ2n) is 6.67. The molecule has 0 aliphatic heterocycles. The zero-order valence-electron chi connectivity index (χ0n) is 14.9. The molecule has 7 heteroatoms. The third-order valence-corrected chi connectivity index (χ3v) is 6.00. The molecule has 27 heavy (non-hydrogen) atoms. The predicted molar refractivity (Wildman–Crippen MR) is 103 cm³/mol. The summed E-state index contributed by atoms with van der Waals surface area (Å²) in [6, 6.07) is 10.6. The number of thiophene rings is 1. The first-order chi connectivity index (χ1) is 12.9. The number of aliphatic hydroxyl groups is 1. The van der Waals surface area contributed by atoms with Crippen LogP contribution in [0.3, 0.4) is 0 Å². The number of benzene rings is 1. The Kier molecular flexibility index (Phi) is 5.59. The molecule has 0 spiro atoms. The lowest BCUT2D eigenvalue weighted by Gasteiger charge is -2.35. The van der Waals surface area contributed by atoms with Crippen LogP contribution >= 0.6 is 11.3 Å². The van der Waals surface area contributed by atoms with Crippen molar-refractivity contribution in [2.75, 3.05) is 4.90 Å². The zero-order valence-corrected chi connectivity index (χ0v) is 15.7. The first-order valence-electron chi connectivity index (χ1n) is 8.76. The molecule has 1 fully saturated rings. The van der Waals surface area contributed by atoms with Crippen molar-refractivity contribution >= 4 is 28.9 Å². The first kappa shape index (κ1) is 19.1. The summed E-state index contributed by atoms with van der Waals surface area (Å²) in [6.07, 6.45) is 2.13. The average Bonchev–Trinajstić information content (AvgIpc) is 3.08. The van der Waals surface area contributed by atoms with E-state index in [1.165, 1.54) is 6.92 Å². The molecule has 1 aliphatic rings. The SMILES string of the molecule is CC(=O)N(c1cc(-c2ccc(C#N)cc2)sc1C(=O)O)C1CCC(O)CC1. The van der Waals surface area contributed by atoms with E-state index in [4.69, 9.17) is 5.26 Å². The molecule has 0 saturated heterocycles. The molecule has 140 valence electrons. The van der Waals surface area contributed by atoms with Gasteiger partial charge in [-0.3, -0.25) is 4.79 Å². The number of carboxylic acid groups (broad SMARTS) is 1. The lowest BCUT2D eigenvalue weighted by molar-refractivity contribution is -0.117. The Balaban J connectivity index is 2.01. The second kappa shape index (κ2) is 7.91. The second-order valence-corrected chi connectivity index (χ2v) is 7.72. The molecule has 0 radical (unpaired) electrons. The van der Waals surface area contributed by atoms with Crippen molar-refractivity contribution in [1.82, 2.24) is 0 Å². The molecular formula is C20H20N2O4S. The minimum Gasteiger partial charge on any atom is -0.477 e. The van der Waals surface area contributed by atoms with E-state index in [0.29, 0.717) is 36.9 Å². The van der Waals surface area contributed by atoms with Crippen molar-refractivity contribution in [2.24, 2.45) is 0 Å². The zero-order chi connectivity index (χ0) is 19.6. The van der Waals surface area contributed by atoms with Crippen LogP contribution in [0.15, 0.2) is 30.3 Å². The maximum Gasteiger partial charge on any atom is 0.348 e. The van der Waals surface area contributed by atoms with Gasteiger partial charge in [0.05, 0.1) is 23.4 Å². The van der Waals surface area contributed by atoms with Gasteiger partial charge in [-0.1, -0.05) is 12.1 Å². The number of carbonyl (C=O) groups is 2. The number of carbonyl (C=O) groups excluding carboxylic acids is 1. The fourth-order valence-electron chi connectivity index (χ4n) is 3.50. The van der Waals surface area contributed by atoms with E-state index in [0.717, 1.165) is 21.8 Å². The number of rotatable bonds is 4. The van der Waals surface area contributed by atoms with E-state index < -0.39 is 5.97 Å². The lowest BCUT2D eigenvalue weighted by Crippen LogP contribution is -2.42. The highest BCUT2D eigenvalue weighted by atomic mass is 32.1. The van der Waals surface area contributed by atoms with E-state index in [2.05, 4.69) is 6.07 Å². The molecular weight excluding hydrogens is 364 g/mol. The third kappa shape index (κ3) is 4.02. The van der Waals surface area contributed by atoms with Crippen LogP contribution in [0.5, 0.6) is 0 Å². The summed E-state index contributed by atoms with van der Waals surface area (Å²) in [7, 11) is 0. The number of nitriles is 1. The van der Waals surface area contributed by atoms with Gasteiger partial charge in [0.25, 0.3) is 0 Å². The molecule has 1 amide bonds. The summed E-state index contributed by atoms with van der Waals surface area (Å²) in [4.78, 5) is 26.6. The van der Waals surface area contributed by atoms with Gasteiger partial charge in [-0.05, 0) is 49.4 Å². The third-order valence-electron chi connectivity index (χ3n) is 4.84. The van der Waals surface area contributed by atoms with Gasteiger partial charge in [-0.15, -0.1) is 11.3 Å². The highest BCUT2D eigenvalue weighted by molar-refractivity contribution is 7.18. The van der Waals surface area contributed by atoms with E-state index in [-0.39, 0.29) is 22.9 Å². The van der Waals surface area contributed by atoms with E-state index in [1.54, 1.807) is 35.2 Å². The van der Waals surface area contributed by atoms with E-state index in [1.807, 2.05) is 0 Å². The van der Waals surface area contributed by atoms with Gasteiger partial charge >= 0.3 is 5.97 Å². The molecule has 0 unspecified atom stereocenters. The van der Waals surface area contributed by atoms with Gasteiger partial charge in [0, 0.05) is 17.8 Å². The number of hydrogen-bond donors (Lipinski definition) is 2. The summed E-state index contributed by atoms with van der Waals surface area (Å²) in [6.45, 7) is 1.44. The highest BCUT2D eigenvalue weighted by Gasteiger charge is 2.31. The predicted octanol–water partition coefficient (Wildman–Crippen LogP) is 3.64. The number of hydrogen-bond acceptors (Lipinski definition) is 5. The Labute approximate surface area is 161 Å². The van der Waals surface area contributed by atoms with Crippen LogP contribution in [0, 0.1) is 11.3 Å². The summed E-state index contributed by atoms with van der Waals surface area (Å²) in [5, 5.41) is 28.3. The molecule has 0 atom stereocenters. The van der Waals surface area contributed by atoms with Gasteiger partial charge in [0.15, 0.2) is 0 Å². The number of amides is 1. The largest absolute Gasteiger partial charge is 0.477 e. The molecule has 2 N–H and O–H groups in total. The smallest absolute Gasteiger partial charge is 0.348 e. The Morgan fingerprint density at radius 3 is 2.33 bits per heavy atom. The Morgan fingerprint density at radius 1 is 1.19 bits per heavy atom. The van der Waals surface area contributed by atoms with Crippen molar-refractivity contribution in [3.8, 4) is 16.5 Å². The summed E-state index contributed by atoms with van der Waals surface area (Å²) in [5.74, 6) is -1.28. The molecule has 1 saturated carbocycles. The van der Waals surface area contributed by atoms with Gasteiger partial charge < -0.3 is 15.1 Å². The quantitative estimate of drug-likeness (QED) is 0.838. The van der Waals surface area contributed by atoms with E-state index >= 15 is 0 Å². The standard InChI is InChI=1S/C20H20N2O4S/c1-12(23)22(15-6-8-16(24)9-7-15)17-10-18(27-19(17)20(25)26)14-4-2-13(11-21)3-5-14/h2-5,10,15-16,24H,6-9H2,1H3,(H,25,26). The minimum absolute atomic E-state index is 0.118. The maximum absolute atomic E-state index is 12.4. The minimum atomic E-state index is -1.07. The number of carboxylic acids is 1. The van der Waals surface area contributed by atoms with Crippen molar-refractivity contribution in [3.05, 3.63) is 40.8 Å². The van der Waals surface area contributed by atoms with E-state index in [9.17, 15) is 19.8 Å². The normalized spacial score (nSPS) is 19.3. The van der Waals surface area contributed by atoms with Gasteiger partial charge in [-0.25, -0.2) is 4.79 Å². The van der Waals surface area contributed by atoms with Gasteiger partial charge in [0.1, 0.15) is 4.88 Å². The molecule has 0 bridgehead atoms. The monoisotopic (exact) mass is 384 g/mol. The summed E-state index contributed by atoms with van der Waals surface area (Å²) >= 11 is 1.12. The molecule has 1 aromatic carbocycles. The van der Waals surface area contributed by atoms with Crippen LogP contribution in [-0.4, -0.2) is 34.2 Å². The molecule has 6 nitrogen and oxygen atoms in total. The van der Waals surface area contributed by atoms with Crippen LogP contribution in [0.25, 0.3) is 10.4 Å². The van der Waals surface area contributed by atoms with Crippen molar-refractivity contribution in [3.63, 3.8) is 0 Å². The number of nitrogens with zero attached hydrogens (tertiary/aromatic N) is 2. The van der Waals surface area contributed by atoms with Crippen LogP contribution < -0.4 is 4.90 Å². The van der Waals surface area contributed by atoms with Gasteiger partial charge in [0.2, 0.25) is 5.91 Å². The first-order valence-corrected chi connectivity index (χ1v) is 9.58. The fourth-order valence-corrected chi connectivity index (χ4v) is 4.50. The number of aromatic carboxylic acids is 1. The Bertz CT molecular complexity index is 890. The van der Waals surface area contributed by atoms with Crippen LogP contribution in [0.4, 0.5) is 5.69 Å². The van der Waals surface area contributed by atoms with Crippen molar-refractivity contribution in [2.45, 2.75) is 44.8 Å². The van der Waals surface area contributed by atoms with Crippen molar-refractivity contribution in [1.29, 1.82) is 5.26 Å². The van der Waals surface area contributed by atoms with Crippen LogP contribution in [0.2, 0.25) is 0 Å². The van der Waals surface area contributed by atoms with Crippen molar-refractivity contribution < 1.29 is 19.8 Å². The summed E-state index contributed by atoms with van der Waals surface area (Å²) < 4.78 is 0. The summed E-state index contributed by atoms with van der Waals surface area (Å²) in [5.41, 5.74) is 1.73. The molecule has 2 aromatic rings. The fraction of sp³-hybridized carbons (Fsp3) is 0.350. The van der Waals surface area contributed by atoms with Crippen LogP contribution in [-0.2, 0) is 4.79 Å². The molecule has 3 rings (SSSR count). The van der Waals surface area contributed by atoms with Gasteiger partial charge in [-0.2, -0.15) is 5.26 Å². The lowest BCUT2D eigenvalue weighted by atomic mass is 9.91. The van der Waals surface area contributed by atoms with Crippen LogP contribution in [0.1, 0.15) is 47.8 Å². The average molecular weight is 384 g/mol. The number of aliphatic hydroxyl groups excluding tert-OH is 1. The highest BCUT2D eigenvalue weighted by Crippen LogP contribution is 2.39.